The summed E-state index contributed by atoms with van der Waals surface area (Å²) in [7, 11) is 1.40. The molecule has 0 aliphatic rings. The van der Waals surface area contributed by atoms with Gasteiger partial charge < -0.3 is 0 Å². The SMILES string of the molecule is CONC(=O)c1ccccc1-c1[c]nccc1. The summed E-state index contributed by atoms with van der Waals surface area (Å²) < 4.78 is 0. The van der Waals surface area contributed by atoms with E-state index < -0.39 is 0 Å². The molecule has 0 fully saturated rings. The molecule has 0 saturated heterocycles. The van der Waals surface area contributed by atoms with Gasteiger partial charge >= 0.3 is 0 Å². The molecule has 1 radical (unpaired) electrons. The Labute approximate surface area is 99.2 Å². The third kappa shape index (κ3) is 2.49. The van der Waals surface area contributed by atoms with Crippen molar-refractivity contribution in [3.8, 4) is 11.1 Å². The number of carbonyl (C=O) groups is 1. The number of nitrogens with one attached hydrogen (secondary N) is 1. The highest BCUT2D eigenvalue weighted by molar-refractivity contribution is 6.00. The van der Waals surface area contributed by atoms with Crippen LogP contribution >= 0.6 is 0 Å². The molecule has 85 valence electrons. The van der Waals surface area contributed by atoms with Crippen LogP contribution in [0.25, 0.3) is 11.1 Å². The summed E-state index contributed by atoms with van der Waals surface area (Å²) in [6.07, 6.45) is 4.49. The Hall–Kier alpha value is -2.20. The molecule has 0 aliphatic heterocycles. The van der Waals surface area contributed by atoms with E-state index in [2.05, 4.69) is 21.5 Å². The lowest BCUT2D eigenvalue weighted by Crippen LogP contribution is -2.22. The lowest BCUT2D eigenvalue weighted by molar-refractivity contribution is 0.0538. The lowest BCUT2D eigenvalue weighted by atomic mass is 10.0. The van der Waals surface area contributed by atoms with Gasteiger partial charge in [-0.1, -0.05) is 24.3 Å². The minimum atomic E-state index is -0.291. The van der Waals surface area contributed by atoms with Crippen molar-refractivity contribution < 1.29 is 9.63 Å². The summed E-state index contributed by atoms with van der Waals surface area (Å²) in [6, 6.07) is 10.9. The van der Waals surface area contributed by atoms with E-state index >= 15 is 0 Å². The molecule has 0 unspecified atom stereocenters. The van der Waals surface area contributed by atoms with E-state index in [0.29, 0.717) is 5.56 Å². The fourth-order valence-corrected chi connectivity index (χ4v) is 1.54. The van der Waals surface area contributed by atoms with Gasteiger partial charge in [0, 0.05) is 17.3 Å². The van der Waals surface area contributed by atoms with Crippen molar-refractivity contribution in [2.45, 2.75) is 0 Å². The van der Waals surface area contributed by atoms with E-state index in [1.54, 1.807) is 24.4 Å². The topological polar surface area (TPSA) is 51.2 Å². The number of hydroxylamine groups is 1. The van der Waals surface area contributed by atoms with Gasteiger partial charge in [0.2, 0.25) is 0 Å². The number of nitrogens with zero attached hydrogens (tertiary/aromatic N) is 1. The molecule has 1 aromatic carbocycles. The van der Waals surface area contributed by atoms with Gasteiger partial charge in [-0.2, -0.15) is 0 Å². The molecule has 4 nitrogen and oxygen atoms in total. The second-order valence-corrected chi connectivity index (χ2v) is 3.34. The Kier molecular flexibility index (Phi) is 3.47. The normalized spacial score (nSPS) is 9.94. The molecule has 1 aromatic heterocycles. The number of benzene rings is 1. The summed E-state index contributed by atoms with van der Waals surface area (Å²) in [5.41, 5.74) is 4.37. The highest BCUT2D eigenvalue weighted by atomic mass is 16.6. The second kappa shape index (κ2) is 5.23. The third-order valence-corrected chi connectivity index (χ3v) is 2.27. The first-order valence-electron chi connectivity index (χ1n) is 5.08. The summed E-state index contributed by atoms with van der Waals surface area (Å²) >= 11 is 0. The highest BCUT2D eigenvalue weighted by Gasteiger charge is 2.11. The van der Waals surface area contributed by atoms with Crippen LogP contribution in [0.15, 0.2) is 42.6 Å². The number of carbonyl (C=O) groups excluding carboxylic acids is 1. The standard InChI is InChI=1S/C13H11N2O2/c1-17-15-13(16)12-7-3-2-6-11(12)10-5-4-8-14-9-10/h2-8H,1H3,(H,15,16). The molecule has 0 aliphatic carbocycles. The number of hydrogen-bond donors (Lipinski definition) is 1. The van der Waals surface area contributed by atoms with Crippen molar-refractivity contribution in [1.82, 2.24) is 10.5 Å². The third-order valence-electron chi connectivity index (χ3n) is 2.27. The first-order valence-corrected chi connectivity index (χ1v) is 5.08. The van der Waals surface area contributed by atoms with Gasteiger partial charge in [-0.3, -0.25) is 14.6 Å². The quantitative estimate of drug-likeness (QED) is 0.814. The van der Waals surface area contributed by atoms with Gasteiger partial charge in [-0.25, -0.2) is 5.48 Å². The maximum atomic E-state index is 11.8. The van der Waals surface area contributed by atoms with Gasteiger partial charge in [-0.15, -0.1) is 0 Å². The first kappa shape index (κ1) is 11.3. The monoisotopic (exact) mass is 227 g/mol. The van der Waals surface area contributed by atoms with Gasteiger partial charge in [0.1, 0.15) is 0 Å². The average molecular weight is 227 g/mol. The van der Waals surface area contributed by atoms with Crippen molar-refractivity contribution in [3.05, 3.63) is 54.4 Å². The van der Waals surface area contributed by atoms with Crippen molar-refractivity contribution in [2.24, 2.45) is 0 Å². The Morgan fingerprint density at radius 1 is 1.29 bits per heavy atom. The molecule has 17 heavy (non-hydrogen) atoms. The minimum Gasteiger partial charge on any atom is -0.277 e. The average Bonchev–Trinajstić information content (AvgIpc) is 2.40. The van der Waals surface area contributed by atoms with Crippen LogP contribution in [0, 0.1) is 6.20 Å². The van der Waals surface area contributed by atoms with Crippen LogP contribution in [0.4, 0.5) is 0 Å². The van der Waals surface area contributed by atoms with Gasteiger partial charge in [0.05, 0.1) is 13.3 Å². The van der Waals surface area contributed by atoms with Crippen molar-refractivity contribution in [2.75, 3.05) is 7.11 Å². The smallest absolute Gasteiger partial charge is 0.275 e. The molecule has 4 heteroatoms. The molecular weight excluding hydrogens is 216 g/mol. The first-order chi connectivity index (χ1) is 8.33. The number of pyridine rings is 1. The zero-order chi connectivity index (χ0) is 12.1. The highest BCUT2D eigenvalue weighted by Crippen LogP contribution is 2.22. The summed E-state index contributed by atoms with van der Waals surface area (Å²) in [4.78, 5) is 20.3. The van der Waals surface area contributed by atoms with Crippen LogP contribution in [0.1, 0.15) is 10.4 Å². The predicted molar refractivity (Wildman–Crippen MR) is 63.0 cm³/mol. The molecule has 0 atom stereocenters. The minimum absolute atomic E-state index is 0.291. The van der Waals surface area contributed by atoms with Crippen LogP contribution in [0.3, 0.4) is 0 Å². The molecule has 0 saturated carbocycles. The maximum Gasteiger partial charge on any atom is 0.275 e. The number of hydrogen-bond acceptors (Lipinski definition) is 3. The van der Waals surface area contributed by atoms with Crippen LogP contribution in [0.5, 0.6) is 0 Å². The zero-order valence-electron chi connectivity index (χ0n) is 9.31. The Morgan fingerprint density at radius 2 is 2.12 bits per heavy atom. The Bertz CT molecular complexity index is 512. The summed E-state index contributed by atoms with van der Waals surface area (Å²) in [5.74, 6) is -0.291. The number of amides is 1. The Balaban J connectivity index is 2.45. The van der Waals surface area contributed by atoms with Crippen LogP contribution in [0.2, 0.25) is 0 Å². The molecule has 1 amide bonds. The fraction of sp³-hybridized carbons (Fsp3) is 0.0769. The number of aromatic nitrogens is 1. The van der Waals surface area contributed by atoms with E-state index in [1.165, 1.54) is 7.11 Å². The molecular formula is C13H11N2O2. The van der Waals surface area contributed by atoms with E-state index in [4.69, 9.17) is 0 Å². The maximum absolute atomic E-state index is 11.8. The van der Waals surface area contributed by atoms with Crippen LogP contribution < -0.4 is 5.48 Å². The molecule has 1 heterocycles. The van der Waals surface area contributed by atoms with Crippen LogP contribution in [-0.2, 0) is 4.84 Å². The Morgan fingerprint density at radius 3 is 2.82 bits per heavy atom. The molecule has 0 spiro atoms. The lowest BCUT2D eigenvalue weighted by Gasteiger charge is -2.08. The van der Waals surface area contributed by atoms with Gasteiger partial charge in [0.15, 0.2) is 0 Å². The van der Waals surface area contributed by atoms with Crippen molar-refractivity contribution in [1.29, 1.82) is 0 Å². The zero-order valence-corrected chi connectivity index (χ0v) is 9.31. The van der Waals surface area contributed by atoms with Crippen molar-refractivity contribution in [3.63, 3.8) is 0 Å². The predicted octanol–water partition coefficient (Wildman–Crippen LogP) is 1.84. The van der Waals surface area contributed by atoms with Gasteiger partial charge in [-0.05, 0) is 17.7 Å². The molecule has 2 aromatic rings. The molecule has 2 rings (SSSR count). The van der Waals surface area contributed by atoms with Gasteiger partial charge in [0.25, 0.3) is 5.91 Å². The summed E-state index contributed by atoms with van der Waals surface area (Å²) in [5, 5.41) is 0. The van der Waals surface area contributed by atoms with Crippen molar-refractivity contribution >= 4 is 5.91 Å². The second-order valence-electron chi connectivity index (χ2n) is 3.34. The van der Waals surface area contributed by atoms with Crippen LogP contribution in [-0.4, -0.2) is 18.0 Å². The van der Waals surface area contributed by atoms with E-state index in [9.17, 15) is 4.79 Å². The molecule has 1 N–H and O–H groups in total. The van der Waals surface area contributed by atoms with E-state index in [1.807, 2.05) is 18.2 Å². The van der Waals surface area contributed by atoms with E-state index in [0.717, 1.165) is 11.1 Å². The fourth-order valence-electron chi connectivity index (χ4n) is 1.54. The molecule has 0 bridgehead atoms. The summed E-state index contributed by atoms with van der Waals surface area (Å²) in [6.45, 7) is 0. The van der Waals surface area contributed by atoms with E-state index in [-0.39, 0.29) is 5.91 Å². The number of rotatable bonds is 3. The largest absolute Gasteiger partial charge is 0.277 e.